The van der Waals surface area contributed by atoms with E-state index in [4.69, 9.17) is 0 Å². The summed E-state index contributed by atoms with van der Waals surface area (Å²) >= 11 is 0. The van der Waals surface area contributed by atoms with E-state index in [9.17, 15) is 18.0 Å². The molecule has 0 fully saturated rings. The fourth-order valence-electron chi connectivity index (χ4n) is 3.60. The lowest BCUT2D eigenvalue weighted by molar-refractivity contribution is -0.137. The van der Waals surface area contributed by atoms with E-state index in [1.807, 2.05) is 30.3 Å². The first kappa shape index (κ1) is 19.7. The number of nitrogens with zero attached hydrogens (tertiary/aromatic N) is 2. The van der Waals surface area contributed by atoms with Crippen LogP contribution in [-0.4, -0.2) is 25.7 Å². The van der Waals surface area contributed by atoms with Crippen LogP contribution < -0.4 is 0 Å². The fraction of sp³-hybridized carbons (Fsp3) is 0.0417. The number of benzene rings is 2. The number of nitrogens with one attached hydrogen (secondary N) is 2. The van der Waals surface area contributed by atoms with E-state index in [1.165, 1.54) is 30.5 Å². The van der Waals surface area contributed by atoms with Gasteiger partial charge in [0.1, 0.15) is 0 Å². The molecule has 158 valence electrons. The zero-order valence-electron chi connectivity index (χ0n) is 16.4. The van der Waals surface area contributed by atoms with E-state index >= 15 is 0 Å². The second kappa shape index (κ2) is 7.49. The number of carbonyl (C=O) groups is 1. The summed E-state index contributed by atoms with van der Waals surface area (Å²) in [5.74, 6) is -0.234. The van der Waals surface area contributed by atoms with E-state index in [-0.39, 0.29) is 5.56 Å². The molecule has 0 amide bonds. The quantitative estimate of drug-likeness (QED) is 0.349. The third kappa shape index (κ3) is 3.56. The standard InChI is InChI=1S/C24H15F3N4O/c25-24(26,27)18-6-2-1-5-17(18)22(32)16-11-21(29-13-16)23-30-19-8-7-14(10-20(19)31-23)15-4-3-9-28-12-15/h1-13,29H,(H,30,31). The lowest BCUT2D eigenvalue weighted by atomic mass is 9.99. The van der Waals surface area contributed by atoms with Gasteiger partial charge in [-0.05, 0) is 35.9 Å². The van der Waals surface area contributed by atoms with E-state index in [0.29, 0.717) is 11.5 Å². The Hall–Kier alpha value is -4.20. The molecule has 2 N–H and O–H groups in total. The van der Waals surface area contributed by atoms with Crippen molar-refractivity contribution in [3.63, 3.8) is 0 Å². The van der Waals surface area contributed by atoms with Crippen molar-refractivity contribution in [3.05, 3.63) is 95.9 Å². The molecule has 0 unspecified atom stereocenters. The highest BCUT2D eigenvalue weighted by molar-refractivity contribution is 6.10. The van der Waals surface area contributed by atoms with E-state index in [2.05, 4.69) is 19.9 Å². The minimum absolute atomic E-state index is 0.119. The average Bonchev–Trinajstić information content (AvgIpc) is 3.45. The Balaban J connectivity index is 1.48. The Bertz CT molecular complexity index is 1430. The molecule has 0 aliphatic rings. The van der Waals surface area contributed by atoms with Gasteiger partial charge in [-0.25, -0.2) is 4.98 Å². The monoisotopic (exact) mass is 432 g/mol. The number of carbonyl (C=O) groups excluding carboxylic acids is 1. The first-order valence-electron chi connectivity index (χ1n) is 9.70. The largest absolute Gasteiger partial charge is 0.417 e. The Morgan fingerprint density at radius 1 is 0.938 bits per heavy atom. The molecule has 5 rings (SSSR count). The van der Waals surface area contributed by atoms with Gasteiger partial charge in [0.05, 0.1) is 22.3 Å². The third-order valence-corrected chi connectivity index (χ3v) is 5.15. The van der Waals surface area contributed by atoms with E-state index in [1.54, 1.807) is 12.4 Å². The summed E-state index contributed by atoms with van der Waals surface area (Å²) in [4.78, 5) is 27.6. The maximum atomic E-state index is 13.3. The molecular weight excluding hydrogens is 417 g/mol. The highest BCUT2D eigenvalue weighted by Gasteiger charge is 2.35. The maximum absolute atomic E-state index is 13.3. The van der Waals surface area contributed by atoms with Gasteiger partial charge in [0.2, 0.25) is 0 Å². The van der Waals surface area contributed by atoms with Crippen molar-refractivity contribution in [3.8, 4) is 22.6 Å². The maximum Gasteiger partial charge on any atom is 0.417 e. The molecule has 0 radical (unpaired) electrons. The smallest absolute Gasteiger partial charge is 0.358 e. The fourth-order valence-corrected chi connectivity index (χ4v) is 3.60. The van der Waals surface area contributed by atoms with Crippen LogP contribution in [0.15, 0.2) is 79.3 Å². The number of alkyl halides is 3. The molecular formula is C24H15F3N4O. The summed E-state index contributed by atoms with van der Waals surface area (Å²) in [5.41, 5.74) is 2.69. The van der Waals surface area contributed by atoms with Crippen molar-refractivity contribution in [1.29, 1.82) is 0 Å². The van der Waals surface area contributed by atoms with Gasteiger partial charge in [0.15, 0.2) is 11.6 Å². The van der Waals surface area contributed by atoms with Crippen LogP contribution >= 0.6 is 0 Å². The molecule has 8 heteroatoms. The van der Waals surface area contributed by atoms with Crippen molar-refractivity contribution in [2.45, 2.75) is 6.18 Å². The average molecular weight is 432 g/mol. The molecule has 0 saturated carbocycles. The van der Waals surface area contributed by atoms with Crippen LogP contribution in [0.3, 0.4) is 0 Å². The number of hydrogen-bond donors (Lipinski definition) is 2. The number of imidazole rings is 1. The van der Waals surface area contributed by atoms with Gasteiger partial charge in [-0.3, -0.25) is 9.78 Å². The third-order valence-electron chi connectivity index (χ3n) is 5.15. The van der Waals surface area contributed by atoms with Crippen LogP contribution in [0, 0.1) is 0 Å². The molecule has 0 atom stereocenters. The molecule has 32 heavy (non-hydrogen) atoms. The number of rotatable bonds is 4. The predicted molar refractivity (Wildman–Crippen MR) is 114 cm³/mol. The number of halogens is 3. The first-order valence-corrected chi connectivity index (χ1v) is 9.70. The van der Waals surface area contributed by atoms with Crippen molar-refractivity contribution >= 4 is 16.8 Å². The number of pyridine rings is 1. The highest BCUT2D eigenvalue weighted by atomic mass is 19.4. The lowest BCUT2D eigenvalue weighted by Crippen LogP contribution is -2.13. The highest BCUT2D eigenvalue weighted by Crippen LogP contribution is 2.33. The van der Waals surface area contributed by atoms with Gasteiger partial charge in [0, 0.05) is 35.3 Å². The van der Waals surface area contributed by atoms with Crippen molar-refractivity contribution in [1.82, 2.24) is 19.9 Å². The van der Waals surface area contributed by atoms with Crippen molar-refractivity contribution in [2.75, 3.05) is 0 Å². The minimum Gasteiger partial charge on any atom is -0.358 e. The van der Waals surface area contributed by atoms with E-state index < -0.39 is 23.1 Å². The van der Waals surface area contributed by atoms with Crippen molar-refractivity contribution in [2.24, 2.45) is 0 Å². The molecule has 3 heterocycles. The topological polar surface area (TPSA) is 74.4 Å². The number of fused-ring (bicyclic) bond motifs is 1. The Labute approximate surface area is 180 Å². The molecule has 0 spiro atoms. The predicted octanol–water partition coefficient (Wildman–Crippen LogP) is 5.87. The molecule has 2 aromatic carbocycles. The summed E-state index contributed by atoms with van der Waals surface area (Å²) in [6, 6.07) is 15.8. The van der Waals surface area contributed by atoms with Gasteiger partial charge in [-0.15, -0.1) is 0 Å². The van der Waals surface area contributed by atoms with Crippen LogP contribution in [0.1, 0.15) is 21.5 Å². The molecule has 5 nitrogen and oxygen atoms in total. The minimum atomic E-state index is -4.61. The lowest BCUT2D eigenvalue weighted by Gasteiger charge is -2.10. The molecule has 0 bridgehead atoms. The van der Waals surface area contributed by atoms with Gasteiger partial charge < -0.3 is 9.97 Å². The second-order valence-electron chi connectivity index (χ2n) is 7.23. The summed E-state index contributed by atoms with van der Waals surface area (Å²) in [6.45, 7) is 0. The molecule has 0 aliphatic heterocycles. The summed E-state index contributed by atoms with van der Waals surface area (Å²) in [5, 5.41) is 0. The SMILES string of the molecule is O=C(c1c[nH]c(-c2nc3ccc(-c4cccnc4)cc3[nH]2)c1)c1ccccc1C(F)(F)F. The summed E-state index contributed by atoms with van der Waals surface area (Å²) in [7, 11) is 0. The van der Waals surface area contributed by atoms with Crippen LogP contribution in [-0.2, 0) is 6.18 Å². The number of hydrogen-bond acceptors (Lipinski definition) is 3. The summed E-state index contributed by atoms with van der Waals surface area (Å²) in [6.07, 6.45) is 0.239. The van der Waals surface area contributed by atoms with Gasteiger partial charge >= 0.3 is 6.18 Å². The zero-order valence-corrected chi connectivity index (χ0v) is 16.4. The summed E-state index contributed by atoms with van der Waals surface area (Å²) < 4.78 is 39.9. The Morgan fingerprint density at radius 2 is 1.78 bits per heavy atom. The van der Waals surface area contributed by atoms with Crippen LogP contribution in [0.2, 0.25) is 0 Å². The molecule has 5 aromatic rings. The number of ketones is 1. The van der Waals surface area contributed by atoms with Crippen molar-refractivity contribution < 1.29 is 18.0 Å². The molecule has 0 aliphatic carbocycles. The van der Waals surface area contributed by atoms with Crippen LogP contribution in [0.5, 0.6) is 0 Å². The first-order chi connectivity index (χ1) is 15.4. The van der Waals surface area contributed by atoms with Gasteiger partial charge in [-0.1, -0.05) is 30.3 Å². The normalized spacial score (nSPS) is 11.7. The van der Waals surface area contributed by atoms with Gasteiger partial charge in [0.25, 0.3) is 0 Å². The van der Waals surface area contributed by atoms with E-state index in [0.717, 1.165) is 28.2 Å². The number of H-pyrrole nitrogens is 2. The van der Waals surface area contributed by atoms with Crippen LogP contribution in [0.25, 0.3) is 33.7 Å². The Morgan fingerprint density at radius 3 is 2.56 bits per heavy atom. The zero-order chi connectivity index (χ0) is 22.3. The van der Waals surface area contributed by atoms with Gasteiger partial charge in [-0.2, -0.15) is 13.2 Å². The number of aromatic nitrogens is 4. The molecule has 0 saturated heterocycles. The van der Waals surface area contributed by atoms with Crippen LogP contribution in [0.4, 0.5) is 13.2 Å². The molecule has 3 aromatic heterocycles. The number of aromatic amines is 2. The second-order valence-corrected chi connectivity index (χ2v) is 7.23. The Kier molecular flexibility index (Phi) is 4.62.